The molecule has 0 fully saturated rings. The second-order valence-corrected chi connectivity index (χ2v) is 4.39. The number of anilines is 1. The molecule has 0 aliphatic rings. The van der Waals surface area contributed by atoms with Crippen LogP contribution < -0.4 is 15.4 Å². The van der Waals surface area contributed by atoms with E-state index in [1.807, 2.05) is 54.6 Å². The topological polar surface area (TPSA) is 70.6 Å². The van der Waals surface area contributed by atoms with Gasteiger partial charge in [0.2, 0.25) is 0 Å². The number of aliphatic hydroxyl groups is 1. The summed E-state index contributed by atoms with van der Waals surface area (Å²) in [6.07, 6.45) is 0. The maximum atomic E-state index is 11.7. The van der Waals surface area contributed by atoms with E-state index in [2.05, 4.69) is 10.6 Å². The third-order valence-corrected chi connectivity index (χ3v) is 2.77. The van der Waals surface area contributed by atoms with E-state index in [0.29, 0.717) is 12.3 Å². The summed E-state index contributed by atoms with van der Waals surface area (Å²) in [6.45, 7) is 0.693. The predicted octanol–water partition coefficient (Wildman–Crippen LogP) is 2.38. The van der Waals surface area contributed by atoms with E-state index >= 15 is 0 Å². The van der Waals surface area contributed by atoms with Gasteiger partial charge in [-0.15, -0.1) is 0 Å². The van der Waals surface area contributed by atoms with Crippen LogP contribution in [-0.4, -0.2) is 24.4 Å². The summed E-state index contributed by atoms with van der Waals surface area (Å²) < 4.78 is 5.27. The lowest BCUT2D eigenvalue weighted by Crippen LogP contribution is -2.28. The molecular formula is C16H18N2O3. The molecule has 0 aliphatic carbocycles. The van der Waals surface area contributed by atoms with Crippen LogP contribution in [0.1, 0.15) is 5.56 Å². The van der Waals surface area contributed by atoms with Crippen molar-refractivity contribution in [1.29, 1.82) is 0 Å². The van der Waals surface area contributed by atoms with Gasteiger partial charge in [0.05, 0.1) is 6.61 Å². The van der Waals surface area contributed by atoms with Crippen molar-refractivity contribution in [3.8, 4) is 5.75 Å². The Morgan fingerprint density at radius 1 is 1.05 bits per heavy atom. The Morgan fingerprint density at radius 2 is 1.76 bits per heavy atom. The molecule has 0 radical (unpaired) electrons. The molecule has 21 heavy (non-hydrogen) atoms. The summed E-state index contributed by atoms with van der Waals surface area (Å²) in [5, 5.41) is 14.2. The standard InChI is InChI=1S/C16H18N2O3/c19-10-11-21-15-8-6-13(7-9-15)12-17-16(20)18-14-4-2-1-3-5-14/h1-9,19H,10-12H2,(H2,17,18,20). The van der Waals surface area contributed by atoms with Gasteiger partial charge in [-0.3, -0.25) is 0 Å². The van der Waals surface area contributed by atoms with Crippen LogP contribution in [-0.2, 0) is 6.54 Å². The number of rotatable bonds is 6. The molecule has 0 saturated heterocycles. The number of nitrogens with one attached hydrogen (secondary N) is 2. The average molecular weight is 286 g/mol. The largest absolute Gasteiger partial charge is 0.491 e. The van der Waals surface area contributed by atoms with E-state index in [9.17, 15) is 4.79 Å². The zero-order valence-corrected chi connectivity index (χ0v) is 11.6. The molecule has 2 aromatic rings. The Morgan fingerprint density at radius 3 is 2.43 bits per heavy atom. The zero-order valence-electron chi connectivity index (χ0n) is 11.6. The fourth-order valence-electron chi connectivity index (χ4n) is 1.75. The fourth-order valence-corrected chi connectivity index (χ4v) is 1.75. The maximum absolute atomic E-state index is 11.7. The van der Waals surface area contributed by atoms with Crippen molar-refractivity contribution in [2.75, 3.05) is 18.5 Å². The van der Waals surface area contributed by atoms with Gasteiger partial charge in [-0.05, 0) is 29.8 Å². The van der Waals surface area contributed by atoms with E-state index in [0.717, 1.165) is 11.3 Å². The molecule has 0 aromatic heterocycles. The second kappa shape index (κ2) is 7.91. The van der Waals surface area contributed by atoms with Gasteiger partial charge in [-0.25, -0.2) is 4.79 Å². The number of aliphatic hydroxyl groups excluding tert-OH is 1. The van der Waals surface area contributed by atoms with Crippen molar-refractivity contribution in [3.63, 3.8) is 0 Å². The van der Waals surface area contributed by atoms with Crippen molar-refractivity contribution < 1.29 is 14.6 Å². The van der Waals surface area contributed by atoms with E-state index in [-0.39, 0.29) is 19.2 Å². The molecule has 0 heterocycles. The van der Waals surface area contributed by atoms with Gasteiger partial charge in [-0.1, -0.05) is 30.3 Å². The number of para-hydroxylation sites is 1. The first kappa shape index (κ1) is 14.9. The molecule has 2 amide bonds. The molecule has 0 bridgehead atoms. The summed E-state index contributed by atoms with van der Waals surface area (Å²) in [4.78, 5) is 11.7. The minimum absolute atomic E-state index is 0.0109. The minimum atomic E-state index is -0.248. The van der Waals surface area contributed by atoms with Gasteiger partial charge >= 0.3 is 6.03 Å². The van der Waals surface area contributed by atoms with E-state index < -0.39 is 0 Å². The second-order valence-electron chi connectivity index (χ2n) is 4.39. The number of urea groups is 1. The number of ether oxygens (including phenoxy) is 1. The van der Waals surface area contributed by atoms with Crippen LogP contribution in [0.2, 0.25) is 0 Å². The predicted molar refractivity (Wildman–Crippen MR) is 81.3 cm³/mol. The zero-order chi connectivity index (χ0) is 14.9. The first-order valence-corrected chi connectivity index (χ1v) is 6.70. The number of carbonyl (C=O) groups excluding carboxylic acids is 1. The number of benzene rings is 2. The highest BCUT2D eigenvalue weighted by Gasteiger charge is 2.01. The molecular weight excluding hydrogens is 268 g/mol. The van der Waals surface area contributed by atoms with Gasteiger partial charge in [0.15, 0.2) is 0 Å². The third kappa shape index (κ3) is 5.16. The van der Waals surface area contributed by atoms with Crippen molar-refractivity contribution >= 4 is 11.7 Å². The Hall–Kier alpha value is -2.53. The SMILES string of the molecule is O=C(NCc1ccc(OCCO)cc1)Nc1ccccc1. The monoisotopic (exact) mass is 286 g/mol. The van der Waals surface area contributed by atoms with Crippen LogP contribution in [0.15, 0.2) is 54.6 Å². The van der Waals surface area contributed by atoms with Gasteiger partial charge in [-0.2, -0.15) is 0 Å². The summed E-state index contributed by atoms with van der Waals surface area (Å²) >= 11 is 0. The number of hydrogen-bond donors (Lipinski definition) is 3. The van der Waals surface area contributed by atoms with Gasteiger partial charge in [0.1, 0.15) is 12.4 Å². The quantitative estimate of drug-likeness (QED) is 0.763. The van der Waals surface area contributed by atoms with Gasteiger partial charge < -0.3 is 20.5 Å². The molecule has 2 aromatic carbocycles. The lowest BCUT2D eigenvalue weighted by molar-refractivity contribution is 0.201. The average Bonchev–Trinajstić information content (AvgIpc) is 2.53. The van der Waals surface area contributed by atoms with Gasteiger partial charge in [0, 0.05) is 12.2 Å². The Balaban J connectivity index is 1.78. The Bertz CT molecular complexity index is 555. The van der Waals surface area contributed by atoms with Crippen LogP contribution in [0.3, 0.4) is 0 Å². The lowest BCUT2D eigenvalue weighted by atomic mass is 10.2. The first-order chi connectivity index (χ1) is 10.3. The summed E-state index contributed by atoms with van der Waals surface area (Å²) in [6, 6.07) is 16.4. The van der Waals surface area contributed by atoms with Crippen LogP contribution in [0, 0.1) is 0 Å². The number of amides is 2. The molecule has 0 aliphatic heterocycles. The first-order valence-electron chi connectivity index (χ1n) is 6.70. The molecule has 5 nitrogen and oxygen atoms in total. The van der Waals surface area contributed by atoms with Crippen LogP contribution >= 0.6 is 0 Å². The highest BCUT2D eigenvalue weighted by molar-refractivity contribution is 5.89. The van der Waals surface area contributed by atoms with Crippen molar-refractivity contribution in [1.82, 2.24) is 5.32 Å². The molecule has 0 saturated carbocycles. The molecule has 3 N–H and O–H groups in total. The van der Waals surface area contributed by atoms with E-state index in [1.54, 1.807) is 0 Å². The molecule has 0 spiro atoms. The van der Waals surface area contributed by atoms with Gasteiger partial charge in [0.25, 0.3) is 0 Å². The Labute approximate surface area is 123 Å². The molecule has 110 valence electrons. The molecule has 0 atom stereocenters. The lowest BCUT2D eigenvalue weighted by Gasteiger charge is -2.08. The fraction of sp³-hybridized carbons (Fsp3) is 0.188. The Kier molecular flexibility index (Phi) is 5.60. The molecule has 5 heteroatoms. The number of hydrogen-bond acceptors (Lipinski definition) is 3. The normalized spacial score (nSPS) is 9.95. The number of carbonyl (C=O) groups is 1. The summed E-state index contributed by atoms with van der Waals surface area (Å²) in [5.41, 5.74) is 1.72. The highest BCUT2D eigenvalue weighted by Crippen LogP contribution is 2.12. The molecule has 2 rings (SSSR count). The van der Waals surface area contributed by atoms with Crippen LogP contribution in [0.5, 0.6) is 5.75 Å². The van der Waals surface area contributed by atoms with Crippen LogP contribution in [0.4, 0.5) is 10.5 Å². The smallest absolute Gasteiger partial charge is 0.319 e. The van der Waals surface area contributed by atoms with Crippen molar-refractivity contribution in [3.05, 3.63) is 60.2 Å². The maximum Gasteiger partial charge on any atom is 0.319 e. The minimum Gasteiger partial charge on any atom is -0.491 e. The van der Waals surface area contributed by atoms with E-state index in [1.165, 1.54) is 0 Å². The van der Waals surface area contributed by atoms with Crippen molar-refractivity contribution in [2.24, 2.45) is 0 Å². The third-order valence-electron chi connectivity index (χ3n) is 2.77. The highest BCUT2D eigenvalue weighted by atomic mass is 16.5. The van der Waals surface area contributed by atoms with E-state index in [4.69, 9.17) is 9.84 Å². The van der Waals surface area contributed by atoms with Crippen molar-refractivity contribution in [2.45, 2.75) is 6.54 Å². The summed E-state index contributed by atoms with van der Waals surface area (Å²) in [5.74, 6) is 0.696. The molecule has 0 unspecified atom stereocenters. The van der Waals surface area contributed by atoms with Crippen LogP contribution in [0.25, 0.3) is 0 Å². The summed E-state index contributed by atoms with van der Waals surface area (Å²) in [7, 11) is 0.